The summed E-state index contributed by atoms with van der Waals surface area (Å²) in [6, 6.07) is 20.4. The quantitative estimate of drug-likeness (QED) is 0.380. The van der Waals surface area contributed by atoms with Crippen molar-refractivity contribution in [1.82, 2.24) is 0 Å². The fourth-order valence-electron chi connectivity index (χ4n) is 3.14. The number of aryl methyl sites for hydroxylation is 1. The molecule has 0 fully saturated rings. The molecule has 0 heterocycles. The first kappa shape index (κ1) is 23.5. The van der Waals surface area contributed by atoms with Gasteiger partial charge in [0.05, 0.1) is 23.4 Å². The molecule has 0 aliphatic carbocycles. The number of carboxylic acid groups (broad SMARTS) is 1. The summed E-state index contributed by atoms with van der Waals surface area (Å²) in [6.45, 7) is 2.50. The van der Waals surface area contributed by atoms with Crippen LogP contribution in [-0.4, -0.2) is 29.5 Å². The lowest BCUT2D eigenvalue weighted by atomic mass is 10.1. The summed E-state index contributed by atoms with van der Waals surface area (Å²) < 4.78 is 5.68. The van der Waals surface area contributed by atoms with Crippen molar-refractivity contribution in [3.05, 3.63) is 89.5 Å². The van der Waals surface area contributed by atoms with Crippen LogP contribution in [0.15, 0.2) is 72.8 Å². The van der Waals surface area contributed by atoms with E-state index in [1.807, 2.05) is 24.3 Å². The fourth-order valence-corrected chi connectivity index (χ4v) is 3.14. The van der Waals surface area contributed by atoms with Gasteiger partial charge in [0.15, 0.2) is 0 Å². The smallest absolute Gasteiger partial charge is 0.335 e. The van der Waals surface area contributed by atoms with Crippen molar-refractivity contribution in [2.24, 2.45) is 0 Å². The van der Waals surface area contributed by atoms with Gasteiger partial charge in [-0.1, -0.05) is 31.2 Å². The average Bonchev–Trinajstić information content (AvgIpc) is 2.83. The van der Waals surface area contributed by atoms with Crippen LogP contribution < -0.4 is 15.4 Å². The molecule has 0 saturated carbocycles. The highest BCUT2D eigenvalue weighted by molar-refractivity contribution is 6.10. The molecule has 0 aromatic heterocycles. The Balaban J connectivity index is 1.51. The highest BCUT2D eigenvalue weighted by Crippen LogP contribution is 2.19. The number of benzene rings is 3. The van der Waals surface area contributed by atoms with Crippen LogP contribution in [0.3, 0.4) is 0 Å². The minimum absolute atomic E-state index is 0.127. The van der Waals surface area contributed by atoms with Crippen LogP contribution >= 0.6 is 0 Å². The number of hydrogen-bond acceptors (Lipinski definition) is 4. The lowest BCUT2D eigenvalue weighted by molar-refractivity contribution is -0.116. The Bertz CT molecular complexity index is 1110. The SMILES string of the molecule is CCc1ccc(OCCCC(=O)Nc2ccccc2C(=O)Nc2ccc(C(=O)O)cc2)cc1. The molecule has 2 amide bonds. The minimum Gasteiger partial charge on any atom is -0.494 e. The van der Waals surface area contributed by atoms with Crippen LogP contribution in [0.5, 0.6) is 5.75 Å². The Hall–Kier alpha value is -4.13. The molecule has 0 bridgehead atoms. The molecule has 0 aliphatic rings. The van der Waals surface area contributed by atoms with Gasteiger partial charge < -0.3 is 20.5 Å². The molecule has 0 unspecified atom stereocenters. The second kappa shape index (κ2) is 11.5. The molecule has 7 nitrogen and oxygen atoms in total. The van der Waals surface area contributed by atoms with Gasteiger partial charge in [-0.3, -0.25) is 9.59 Å². The van der Waals surface area contributed by atoms with Crippen molar-refractivity contribution in [3.8, 4) is 5.75 Å². The molecule has 33 heavy (non-hydrogen) atoms. The third kappa shape index (κ3) is 6.93. The van der Waals surface area contributed by atoms with Gasteiger partial charge >= 0.3 is 5.97 Å². The Labute approximate surface area is 192 Å². The van der Waals surface area contributed by atoms with Crippen LogP contribution in [0.25, 0.3) is 0 Å². The molecule has 0 radical (unpaired) electrons. The average molecular weight is 447 g/mol. The number of para-hydroxylation sites is 1. The predicted molar refractivity (Wildman–Crippen MR) is 127 cm³/mol. The summed E-state index contributed by atoms with van der Waals surface area (Å²) in [5, 5.41) is 14.5. The summed E-state index contributed by atoms with van der Waals surface area (Å²) in [7, 11) is 0. The van der Waals surface area contributed by atoms with E-state index in [9.17, 15) is 14.4 Å². The van der Waals surface area contributed by atoms with E-state index in [1.54, 1.807) is 24.3 Å². The summed E-state index contributed by atoms with van der Waals surface area (Å²) in [5.41, 5.74) is 2.53. The van der Waals surface area contributed by atoms with Crippen LogP contribution in [0.4, 0.5) is 11.4 Å². The van der Waals surface area contributed by atoms with E-state index >= 15 is 0 Å². The molecule has 3 rings (SSSR count). The molecule has 3 aromatic carbocycles. The first-order chi connectivity index (χ1) is 16.0. The summed E-state index contributed by atoms with van der Waals surface area (Å²) in [6.07, 6.45) is 1.75. The van der Waals surface area contributed by atoms with Gasteiger partial charge in [-0.25, -0.2) is 4.79 Å². The maximum absolute atomic E-state index is 12.7. The molecule has 0 spiro atoms. The Morgan fingerprint density at radius 1 is 0.879 bits per heavy atom. The molecule has 0 atom stereocenters. The number of ether oxygens (including phenoxy) is 1. The number of carboxylic acids is 1. The van der Waals surface area contributed by atoms with Gasteiger partial charge in [0.25, 0.3) is 5.91 Å². The molecular weight excluding hydrogens is 420 g/mol. The number of nitrogens with one attached hydrogen (secondary N) is 2. The monoisotopic (exact) mass is 446 g/mol. The minimum atomic E-state index is -1.04. The zero-order valence-corrected chi connectivity index (χ0v) is 18.3. The van der Waals surface area contributed by atoms with Gasteiger partial charge in [0.2, 0.25) is 5.91 Å². The summed E-state index contributed by atoms with van der Waals surface area (Å²) >= 11 is 0. The number of aromatic carboxylic acids is 1. The van der Waals surface area contributed by atoms with Crippen LogP contribution in [0, 0.1) is 0 Å². The van der Waals surface area contributed by atoms with E-state index in [-0.39, 0.29) is 17.9 Å². The second-order valence-electron chi connectivity index (χ2n) is 7.38. The molecular formula is C26H26N2O5. The standard InChI is InChI=1S/C26H26N2O5/c1-2-18-9-15-21(16-10-18)33-17-5-8-24(29)28-23-7-4-3-6-22(23)25(30)27-20-13-11-19(12-14-20)26(31)32/h3-4,6-7,9-16H,2,5,8,17H2,1H3,(H,27,30)(H,28,29)(H,31,32). The van der Waals surface area contributed by atoms with Gasteiger partial charge in [-0.05, 0) is 66.9 Å². The third-order valence-electron chi connectivity index (χ3n) is 4.98. The topological polar surface area (TPSA) is 105 Å². The summed E-state index contributed by atoms with van der Waals surface area (Å²) in [5.74, 6) is -0.898. The Morgan fingerprint density at radius 3 is 2.24 bits per heavy atom. The van der Waals surface area contributed by atoms with Crippen LogP contribution in [0.1, 0.15) is 46.0 Å². The van der Waals surface area contributed by atoms with Crippen molar-refractivity contribution in [2.45, 2.75) is 26.2 Å². The van der Waals surface area contributed by atoms with Crippen LogP contribution in [-0.2, 0) is 11.2 Å². The maximum atomic E-state index is 12.7. The number of amides is 2. The fraction of sp³-hybridized carbons (Fsp3) is 0.192. The van der Waals surface area contributed by atoms with Gasteiger partial charge in [-0.2, -0.15) is 0 Å². The van der Waals surface area contributed by atoms with E-state index in [4.69, 9.17) is 9.84 Å². The number of anilines is 2. The third-order valence-corrected chi connectivity index (χ3v) is 4.98. The van der Waals surface area contributed by atoms with Gasteiger partial charge in [-0.15, -0.1) is 0 Å². The Kier molecular flexibility index (Phi) is 8.18. The number of carbonyl (C=O) groups excluding carboxylic acids is 2. The number of carbonyl (C=O) groups is 3. The van der Waals surface area contributed by atoms with E-state index in [0.29, 0.717) is 30.0 Å². The van der Waals surface area contributed by atoms with Crippen molar-refractivity contribution >= 4 is 29.2 Å². The zero-order valence-electron chi connectivity index (χ0n) is 18.3. The molecule has 3 aromatic rings. The largest absolute Gasteiger partial charge is 0.494 e. The van der Waals surface area contributed by atoms with Crippen molar-refractivity contribution < 1.29 is 24.2 Å². The molecule has 7 heteroatoms. The maximum Gasteiger partial charge on any atom is 0.335 e. The first-order valence-electron chi connectivity index (χ1n) is 10.7. The van der Waals surface area contributed by atoms with E-state index < -0.39 is 11.9 Å². The second-order valence-corrected chi connectivity index (χ2v) is 7.38. The van der Waals surface area contributed by atoms with Gasteiger partial charge in [0, 0.05) is 12.1 Å². The van der Waals surface area contributed by atoms with Crippen molar-refractivity contribution in [2.75, 3.05) is 17.2 Å². The van der Waals surface area contributed by atoms with Crippen LogP contribution in [0.2, 0.25) is 0 Å². The van der Waals surface area contributed by atoms with Crippen molar-refractivity contribution in [1.29, 1.82) is 0 Å². The van der Waals surface area contributed by atoms with E-state index in [2.05, 4.69) is 17.6 Å². The van der Waals surface area contributed by atoms with Gasteiger partial charge in [0.1, 0.15) is 5.75 Å². The normalized spacial score (nSPS) is 10.3. The molecule has 170 valence electrons. The number of rotatable bonds is 10. The lowest BCUT2D eigenvalue weighted by Gasteiger charge is -2.12. The van der Waals surface area contributed by atoms with E-state index in [0.717, 1.165) is 12.2 Å². The Morgan fingerprint density at radius 2 is 1.58 bits per heavy atom. The molecule has 3 N–H and O–H groups in total. The predicted octanol–water partition coefficient (Wildman–Crippen LogP) is 5.00. The number of hydrogen-bond donors (Lipinski definition) is 3. The zero-order chi connectivity index (χ0) is 23.6. The summed E-state index contributed by atoms with van der Waals surface area (Å²) in [4.78, 5) is 36.0. The molecule has 0 saturated heterocycles. The van der Waals surface area contributed by atoms with Crippen molar-refractivity contribution in [3.63, 3.8) is 0 Å². The van der Waals surface area contributed by atoms with E-state index in [1.165, 1.54) is 29.8 Å². The first-order valence-corrected chi connectivity index (χ1v) is 10.7. The molecule has 0 aliphatic heterocycles. The highest BCUT2D eigenvalue weighted by atomic mass is 16.5. The highest BCUT2D eigenvalue weighted by Gasteiger charge is 2.14. The lowest BCUT2D eigenvalue weighted by Crippen LogP contribution is -2.18.